The first-order valence-electron chi connectivity index (χ1n) is 11.0. The normalized spacial score (nSPS) is 20.8. The van der Waals surface area contributed by atoms with Crippen LogP contribution in [0.2, 0.25) is 0 Å². The van der Waals surface area contributed by atoms with E-state index in [1.54, 1.807) is 6.20 Å². The number of pyridine rings is 1. The third-order valence-electron chi connectivity index (χ3n) is 5.24. The highest BCUT2D eigenvalue weighted by Crippen LogP contribution is 2.36. The number of aromatic nitrogens is 1. The van der Waals surface area contributed by atoms with Crippen LogP contribution in [0.25, 0.3) is 0 Å². The number of nitrogens with zero attached hydrogens (tertiary/aromatic N) is 3. The number of hydrogen-bond donors (Lipinski definition) is 1. The van der Waals surface area contributed by atoms with Crippen LogP contribution in [0.1, 0.15) is 33.6 Å². The molecule has 0 aromatic carbocycles. The number of aliphatic hydroxyl groups is 1. The van der Waals surface area contributed by atoms with Gasteiger partial charge in [-0.25, -0.2) is 9.78 Å². The van der Waals surface area contributed by atoms with Crippen LogP contribution >= 0.6 is 0 Å². The van der Waals surface area contributed by atoms with E-state index in [0.717, 1.165) is 18.5 Å². The number of rotatable bonds is 10. The average Bonchev–Trinajstić information content (AvgIpc) is 2.98. The monoisotopic (exact) mass is 437 g/mol. The first-order valence-corrected chi connectivity index (χ1v) is 11.0. The molecular formula is C22H35N3O6. The molecule has 9 heteroatoms. The number of likely N-dealkylation sites (tertiary alicyclic amines) is 1. The topological polar surface area (TPSA) is 93.6 Å². The van der Waals surface area contributed by atoms with Crippen LogP contribution in [-0.4, -0.2) is 91.5 Å². The zero-order valence-electron chi connectivity index (χ0n) is 18.8. The summed E-state index contributed by atoms with van der Waals surface area (Å²) in [6.07, 6.45) is 3.63. The zero-order valence-corrected chi connectivity index (χ0v) is 18.8. The molecule has 9 nitrogen and oxygen atoms in total. The Morgan fingerprint density at radius 2 is 1.74 bits per heavy atom. The maximum atomic E-state index is 12.5. The van der Waals surface area contributed by atoms with Crippen molar-refractivity contribution in [3.63, 3.8) is 0 Å². The van der Waals surface area contributed by atoms with Crippen molar-refractivity contribution in [1.82, 2.24) is 9.88 Å². The molecule has 2 saturated heterocycles. The number of fused-ring (bicyclic) bond motifs is 2. The number of carbonyl (C=O) groups excluding carboxylic acids is 1. The van der Waals surface area contributed by atoms with E-state index in [-0.39, 0.29) is 24.8 Å². The minimum atomic E-state index is -0.485. The summed E-state index contributed by atoms with van der Waals surface area (Å²) in [5, 5.41) is 8.64. The van der Waals surface area contributed by atoms with Crippen LogP contribution in [-0.2, 0) is 14.2 Å². The van der Waals surface area contributed by atoms with Gasteiger partial charge < -0.3 is 33.9 Å². The number of anilines is 1. The van der Waals surface area contributed by atoms with Gasteiger partial charge in [0, 0.05) is 43.1 Å². The number of aliphatic hydroxyl groups excluding tert-OH is 1. The summed E-state index contributed by atoms with van der Waals surface area (Å²) >= 11 is 0. The first kappa shape index (κ1) is 23.6. The summed E-state index contributed by atoms with van der Waals surface area (Å²) in [4.78, 5) is 21.0. The van der Waals surface area contributed by atoms with Crippen molar-refractivity contribution >= 4 is 11.8 Å². The minimum Gasteiger partial charge on any atom is -0.475 e. The van der Waals surface area contributed by atoms with Gasteiger partial charge in [-0.3, -0.25) is 0 Å². The van der Waals surface area contributed by atoms with E-state index in [1.165, 1.54) is 0 Å². The Kier molecular flexibility index (Phi) is 8.34. The van der Waals surface area contributed by atoms with Crippen molar-refractivity contribution in [2.24, 2.45) is 0 Å². The van der Waals surface area contributed by atoms with Gasteiger partial charge in [0.2, 0.25) is 5.88 Å². The summed E-state index contributed by atoms with van der Waals surface area (Å²) in [5.74, 6) is 0.562. The van der Waals surface area contributed by atoms with Crippen LogP contribution in [0.3, 0.4) is 0 Å². The van der Waals surface area contributed by atoms with Crippen molar-refractivity contribution in [2.75, 3.05) is 57.6 Å². The number of piperazine rings is 1. The van der Waals surface area contributed by atoms with E-state index in [4.69, 9.17) is 24.1 Å². The lowest BCUT2D eigenvalue weighted by molar-refractivity contribution is 0.0209. The minimum absolute atomic E-state index is 0.0168. The number of carbonyl (C=O) groups is 1. The Bertz CT molecular complexity index is 697. The van der Waals surface area contributed by atoms with E-state index in [2.05, 4.69) is 9.88 Å². The molecule has 2 atom stereocenters. The fourth-order valence-electron chi connectivity index (χ4n) is 4.03. The molecule has 31 heavy (non-hydrogen) atoms. The van der Waals surface area contributed by atoms with Gasteiger partial charge in [0.15, 0.2) is 0 Å². The van der Waals surface area contributed by atoms with Crippen molar-refractivity contribution in [1.29, 1.82) is 0 Å². The maximum absolute atomic E-state index is 12.5. The maximum Gasteiger partial charge on any atom is 0.410 e. The van der Waals surface area contributed by atoms with E-state index in [1.807, 2.05) is 37.8 Å². The molecule has 2 aliphatic rings. The van der Waals surface area contributed by atoms with Gasteiger partial charge in [-0.05, 0) is 39.7 Å². The van der Waals surface area contributed by atoms with Crippen LogP contribution in [0.4, 0.5) is 10.5 Å². The Balaban J connectivity index is 1.48. The fourth-order valence-corrected chi connectivity index (χ4v) is 4.03. The average molecular weight is 438 g/mol. The summed E-state index contributed by atoms with van der Waals surface area (Å²) in [5.41, 5.74) is 0.584. The van der Waals surface area contributed by atoms with Crippen molar-refractivity contribution in [3.8, 4) is 5.88 Å². The molecule has 1 N–H and O–H groups in total. The van der Waals surface area contributed by atoms with Crippen LogP contribution in [0.15, 0.2) is 18.3 Å². The van der Waals surface area contributed by atoms with Gasteiger partial charge >= 0.3 is 6.09 Å². The smallest absolute Gasteiger partial charge is 0.410 e. The number of hydrogen-bond acceptors (Lipinski definition) is 8. The second-order valence-electron chi connectivity index (χ2n) is 8.83. The summed E-state index contributed by atoms with van der Waals surface area (Å²) < 4.78 is 21.9. The number of ether oxygens (including phenoxy) is 4. The Morgan fingerprint density at radius 3 is 2.39 bits per heavy atom. The Labute approximate surface area is 184 Å². The van der Waals surface area contributed by atoms with Gasteiger partial charge in [0.25, 0.3) is 0 Å². The lowest BCUT2D eigenvalue weighted by atomic mass is 10.1. The molecule has 0 aliphatic carbocycles. The molecule has 3 rings (SSSR count). The SMILES string of the molecule is CC(C)(C)OC(=O)N1CC2CCC(C1)N2c1ccnc(OCCOCCOCCO)c1. The van der Waals surface area contributed by atoms with E-state index in [9.17, 15) is 4.79 Å². The van der Waals surface area contributed by atoms with E-state index >= 15 is 0 Å². The molecule has 2 unspecified atom stereocenters. The van der Waals surface area contributed by atoms with Gasteiger partial charge in [0.1, 0.15) is 12.2 Å². The van der Waals surface area contributed by atoms with Crippen molar-refractivity contribution < 1.29 is 28.8 Å². The molecule has 0 saturated carbocycles. The fraction of sp³-hybridized carbons (Fsp3) is 0.727. The Morgan fingerprint density at radius 1 is 1.10 bits per heavy atom. The zero-order chi connectivity index (χ0) is 22.3. The second kappa shape index (κ2) is 11.0. The molecular weight excluding hydrogens is 402 g/mol. The predicted octanol–water partition coefficient (Wildman–Crippen LogP) is 2.07. The summed E-state index contributed by atoms with van der Waals surface area (Å²) in [6, 6.07) is 4.49. The van der Waals surface area contributed by atoms with Crippen LogP contribution in [0.5, 0.6) is 5.88 Å². The lowest BCUT2D eigenvalue weighted by Gasteiger charge is -2.42. The summed E-state index contributed by atoms with van der Waals surface area (Å²) in [7, 11) is 0. The van der Waals surface area contributed by atoms with Crippen molar-refractivity contribution in [3.05, 3.63) is 18.3 Å². The Hall–Kier alpha value is -2.10. The third-order valence-corrected chi connectivity index (χ3v) is 5.24. The second-order valence-corrected chi connectivity index (χ2v) is 8.83. The highest BCUT2D eigenvalue weighted by Gasteiger charge is 2.42. The molecule has 0 radical (unpaired) electrons. The lowest BCUT2D eigenvalue weighted by Crippen LogP contribution is -2.56. The first-order chi connectivity index (χ1) is 14.9. The highest BCUT2D eigenvalue weighted by molar-refractivity contribution is 5.69. The quantitative estimate of drug-likeness (QED) is 0.556. The highest BCUT2D eigenvalue weighted by atomic mass is 16.6. The molecule has 1 aromatic rings. The van der Waals surface area contributed by atoms with E-state index in [0.29, 0.717) is 52.0 Å². The third kappa shape index (κ3) is 6.95. The van der Waals surface area contributed by atoms with Crippen LogP contribution in [0, 0.1) is 0 Å². The molecule has 1 amide bonds. The van der Waals surface area contributed by atoms with Gasteiger partial charge in [-0.1, -0.05) is 0 Å². The molecule has 2 fully saturated rings. The molecule has 174 valence electrons. The molecule has 2 aliphatic heterocycles. The van der Waals surface area contributed by atoms with Gasteiger partial charge in [-0.15, -0.1) is 0 Å². The molecule has 3 heterocycles. The largest absolute Gasteiger partial charge is 0.475 e. The standard InChI is InChI=1S/C22H35N3O6/c1-22(2,3)31-21(27)24-15-18-4-5-19(16-24)25(18)17-6-7-23-20(14-17)30-13-12-29-11-10-28-9-8-26/h6-7,14,18-19,26H,4-5,8-13,15-16H2,1-3H3. The van der Waals surface area contributed by atoms with Gasteiger partial charge in [0.05, 0.1) is 33.0 Å². The molecule has 1 aromatic heterocycles. The van der Waals surface area contributed by atoms with Gasteiger partial charge in [-0.2, -0.15) is 0 Å². The predicted molar refractivity (Wildman–Crippen MR) is 116 cm³/mol. The van der Waals surface area contributed by atoms with E-state index < -0.39 is 5.60 Å². The van der Waals surface area contributed by atoms with Crippen molar-refractivity contribution in [2.45, 2.75) is 51.3 Å². The summed E-state index contributed by atoms with van der Waals surface area (Å²) in [6.45, 7) is 9.09. The number of amides is 1. The molecule has 0 spiro atoms. The molecule has 2 bridgehead atoms. The van der Waals surface area contributed by atoms with Crippen LogP contribution < -0.4 is 9.64 Å².